The van der Waals surface area contributed by atoms with E-state index in [-0.39, 0.29) is 10.6 Å². The van der Waals surface area contributed by atoms with Crippen LogP contribution in [0.2, 0.25) is 0 Å². The number of thiophene rings is 1. The summed E-state index contributed by atoms with van der Waals surface area (Å²) in [6, 6.07) is 18.9. The second kappa shape index (κ2) is 7.58. The Balaban J connectivity index is 1.63. The molecule has 7 nitrogen and oxygen atoms in total. The molecule has 0 radical (unpaired) electrons. The number of carbonyl (C=O) groups is 1. The fraction of sp³-hybridized carbons (Fsp3) is 0.0833. The second-order valence-corrected chi connectivity index (χ2v) is 8.50. The third-order valence-corrected chi connectivity index (χ3v) is 6.38. The number of nitrogens with two attached hydrogens (primary N) is 1. The van der Waals surface area contributed by atoms with Crippen LogP contribution in [0, 0.1) is 13.8 Å². The highest BCUT2D eigenvalue weighted by molar-refractivity contribution is 7.21. The van der Waals surface area contributed by atoms with Crippen molar-refractivity contribution in [2.75, 3.05) is 5.73 Å². The van der Waals surface area contributed by atoms with Gasteiger partial charge >= 0.3 is 5.69 Å². The zero-order chi connectivity index (χ0) is 22.4. The molecule has 0 unspecified atom stereocenters. The molecule has 0 aliphatic heterocycles. The molecule has 0 saturated heterocycles. The van der Waals surface area contributed by atoms with E-state index in [4.69, 9.17) is 15.2 Å². The maximum atomic E-state index is 13.4. The van der Waals surface area contributed by atoms with Gasteiger partial charge in [-0.25, -0.2) is 4.98 Å². The topological polar surface area (TPSA) is 109 Å². The van der Waals surface area contributed by atoms with Crippen LogP contribution in [0.5, 0.6) is 5.95 Å². The molecule has 0 atom stereocenters. The number of hydrogen-bond acceptors (Lipinski definition) is 7. The Morgan fingerprint density at radius 1 is 1.09 bits per heavy atom. The molecule has 8 heteroatoms. The SMILES string of the molecule is Cc1ccc(-c2nc3sc(C(=O)c4c([O-])on[n+]4-c4ccccc4)c(N)c3cc2C)cc1. The number of para-hydroxylation sites is 1. The minimum absolute atomic E-state index is 0.204. The van der Waals surface area contributed by atoms with Gasteiger partial charge < -0.3 is 15.4 Å². The first kappa shape index (κ1) is 19.9. The van der Waals surface area contributed by atoms with Crippen LogP contribution < -0.4 is 15.5 Å². The average molecular weight is 443 g/mol. The van der Waals surface area contributed by atoms with Crippen LogP contribution in [-0.4, -0.2) is 16.0 Å². The quantitative estimate of drug-likeness (QED) is 0.336. The van der Waals surface area contributed by atoms with Crippen molar-refractivity contribution in [2.45, 2.75) is 13.8 Å². The minimum atomic E-state index is -0.819. The summed E-state index contributed by atoms with van der Waals surface area (Å²) in [7, 11) is 0. The molecular weight excluding hydrogens is 424 g/mol. The molecule has 0 saturated carbocycles. The predicted molar refractivity (Wildman–Crippen MR) is 120 cm³/mol. The fourth-order valence-electron chi connectivity index (χ4n) is 3.60. The molecule has 0 aliphatic carbocycles. The molecule has 2 aromatic carbocycles. The van der Waals surface area contributed by atoms with Crippen LogP contribution in [0.4, 0.5) is 5.69 Å². The zero-order valence-electron chi connectivity index (χ0n) is 17.3. The largest absolute Gasteiger partial charge is 0.539 e. The lowest BCUT2D eigenvalue weighted by Gasteiger charge is -2.06. The van der Waals surface area contributed by atoms with Crippen molar-refractivity contribution in [2.24, 2.45) is 0 Å². The molecule has 5 aromatic rings. The van der Waals surface area contributed by atoms with E-state index in [0.717, 1.165) is 33.7 Å². The molecule has 158 valence electrons. The van der Waals surface area contributed by atoms with E-state index in [1.54, 1.807) is 24.3 Å². The molecule has 32 heavy (non-hydrogen) atoms. The van der Waals surface area contributed by atoms with Crippen molar-refractivity contribution in [3.8, 4) is 22.9 Å². The maximum Gasteiger partial charge on any atom is 0.312 e. The number of aryl methyl sites for hydroxylation is 2. The summed E-state index contributed by atoms with van der Waals surface area (Å²) in [5.74, 6) is -1.37. The van der Waals surface area contributed by atoms with Crippen molar-refractivity contribution in [1.82, 2.24) is 10.3 Å². The van der Waals surface area contributed by atoms with Crippen molar-refractivity contribution in [3.63, 3.8) is 0 Å². The van der Waals surface area contributed by atoms with Gasteiger partial charge in [-0.1, -0.05) is 48.0 Å². The fourth-order valence-corrected chi connectivity index (χ4v) is 4.62. The molecule has 0 aliphatic rings. The van der Waals surface area contributed by atoms with Crippen LogP contribution in [0.25, 0.3) is 27.2 Å². The molecule has 0 bridgehead atoms. The van der Waals surface area contributed by atoms with E-state index in [0.29, 0.717) is 21.6 Å². The van der Waals surface area contributed by atoms with Crippen LogP contribution >= 0.6 is 11.3 Å². The smallest absolute Gasteiger partial charge is 0.312 e. The van der Waals surface area contributed by atoms with Gasteiger partial charge in [0.25, 0.3) is 5.78 Å². The van der Waals surface area contributed by atoms with Crippen molar-refractivity contribution in [1.29, 1.82) is 0 Å². The van der Waals surface area contributed by atoms with Gasteiger partial charge in [0.2, 0.25) is 5.69 Å². The lowest BCUT2D eigenvalue weighted by Crippen LogP contribution is -2.39. The number of fused-ring (bicyclic) bond motifs is 1. The Labute approximate surface area is 187 Å². The molecule has 0 spiro atoms. The summed E-state index contributed by atoms with van der Waals surface area (Å²) in [5, 5.41) is 16.8. The Hall–Kier alpha value is -4.04. The van der Waals surface area contributed by atoms with Gasteiger partial charge in [0, 0.05) is 23.1 Å². The number of hydrogen-bond donors (Lipinski definition) is 1. The van der Waals surface area contributed by atoms with Crippen LogP contribution in [0.1, 0.15) is 26.5 Å². The van der Waals surface area contributed by atoms with Gasteiger partial charge in [0.05, 0.1) is 16.7 Å². The van der Waals surface area contributed by atoms with Crippen LogP contribution in [-0.2, 0) is 0 Å². The molecule has 3 heterocycles. The number of rotatable bonds is 4. The molecule has 0 fully saturated rings. The van der Waals surface area contributed by atoms with Crippen molar-refractivity contribution < 1.29 is 19.1 Å². The van der Waals surface area contributed by atoms with E-state index in [1.807, 2.05) is 50.2 Å². The summed E-state index contributed by atoms with van der Waals surface area (Å²) in [6.45, 7) is 3.99. The van der Waals surface area contributed by atoms with Gasteiger partial charge in [0.15, 0.2) is 5.95 Å². The number of carbonyl (C=O) groups excluding carboxylic acids is 1. The van der Waals surface area contributed by atoms with Crippen LogP contribution in [0.3, 0.4) is 0 Å². The summed E-state index contributed by atoms with van der Waals surface area (Å²) in [6.07, 6.45) is 0. The standard InChI is InChI=1S/C24H18N4O3S/c1-13-8-10-15(11-9-13)19-14(2)12-17-18(25)22(32-23(17)26-19)21(29)20-24(30)31-27-28(20)16-6-4-3-5-7-16/h3-12H,1-2H3,(H2-,25,27,29,30). The summed E-state index contributed by atoms with van der Waals surface area (Å²) in [4.78, 5) is 19.0. The highest BCUT2D eigenvalue weighted by Crippen LogP contribution is 2.37. The Morgan fingerprint density at radius 2 is 1.81 bits per heavy atom. The van der Waals surface area contributed by atoms with E-state index in [1.165, 1.54) is 4.68 Å². The van der Waals surface area contributed by atoms with Gasteiger partial charge in [0.1, 0.15) is 9.71 Å². The summed E-state index contributed by atoms with van der Waals surface area (Å²) in [5.41, 5.74) is 10.9. The molecule has 2 N–H and O–H groups in total. The maximum absolute atomic E-state index is 13.4. The molecular formula is C24H18N4O3S. The Bertz CT molecular complexity index is 1470. The van der Waals surface area contributed by atoms with Gasteiger partial charge in [-0.05, 0) is 30.2 Å². The average Bonchev–Trinajstić information content (AvgIpc) is 3.34. The number of nitrogens with zero attached hydrogens (tertiary/aromatic N) is 3. The first-order valence-electron chi connectivity index (χ1n) is 9.90. The van der Waals surface area contributed by atoms with E-state index >= 15 is 0 Å². The van der Waals surface area contributed by atoms with Crippen molar-refractivity contribution >= 4 is 33.0 Å². The second-order valence-electron chi connectivity index (χ2n) is 7.50. The monoisotopic (exact) mass is 442 g/mol. The van der Waals surface area contributed by atoms with Crippen LogP contribution in [0.15, 0.2) is 65.2 Å². The summed E-state index contributed by atoms with van der Waals surface area (Å²) >= 11 is 1.16. The third-order valence-electron chi connectivity index (χ3n) is 5.27. The number of benzene rings is 2. The van der Waals surface area contributed by atoms with Gasteiger partial charge in [-0.2, -0.15) is 0 Å². The first-order chi connectivity index (χ1) is 15.4. The number of anilines is 1. The lowest BCUT2D eigenvalue weighted by atomic mass is 10.0. The Kier molecular flexibility index (Phi) is 4.71. The predicted octanol–water partition coefficient (Wildman–Crippen LogP) is 3.73. The van der Waals surface area contributed by atoms with E-state index < -0.39 is 11.7 Å². The molecule has 0 amide bonds. The van der Waals surface area contributed by atoms with E-state index in [9.17, 15) is 9.90 Å². The normalized spacial score (nSPS) is 11.2. The highest BCUT2D eigenvalue weighted by Gasteiger charge is 2.32. The number of pyridine rings is 1. The highest BCUT2D eigenvalue weighted by atomic mass is 32.1. The number of aromatic nitrogens is 3. The number of nitrogen functional groups attached to an aromatic ring is 1. The van der Waals surface area contributed by atoms with Gasteiger partial charge in [-0.15, -0.1) is 11.3 Å². The van der Waals surface area contributed by atoms with Gasteiger partial charge in [-0.3, -0.25) is 4.79 Å². The zero-order valence-corrected chi connectivity index (χ0v) is 18.1. The molecule has 3 aromatic heterocycles. The molecule has 5 rings (SSSR count). The third kappa shape index (κ3) is 3.21. The van der Waals surface area contributed by atoms with E-state index in [2.05, 4.69) is 5.27 Å². The minimum Gasteiger partial charge on any atom is -0.539 e. The Morgan fingerprint density at radius 3 is 2.53 bits per heavy atom. The lowest BCUT2D eigenvalue weighted by molar-refractivity contribution is -0.672. The first-order valence-corrected chi connectivity index (χ1v) is 10.7. The van der Waals surface area contributed by atoms with Crippen molar-refractivity contribution in [3.05, 3.63) is 82.4 Å². The number of ketones is 1. The summed E-state index contributed by atoms with van der Waals surface area (Å²) < 4.78 is 6.00.